The summed E-state index contributed by atoms with van der Waals surface area (Å²) in [5, 5.41) is 2.95. The summed E-state index contributed by atoms with van der Waals surface area (Å²) in [6.07, 6.45) is 12.1. The van der Waals surface area contributed by atoms with E-state index in [-0.39, 0.29) is 18.4 Å². The Labute approximate surface area is 131 Å². The monoisotopic (exact) mass is 296 g/mol. The Kier molecular flexibility index (Phi) is 5.89. The fourth-order valence-corrected chi connectivity index (χ4v) is 2.52. The summed E-state index contributed by atoms with van der Waals surface area (Å²) in [4.78, 5) is 14.5. The molecule has 1 heterocycles. The van der Waals surface area contributed by atoms with Gasteiger partial charge in [0.15, 0.2) is 0 Å². The Morgan fingerprint density at radius 2 is 2.09 bits per heavy atom. The minimum atomic E-state index is 0.0318. The Morgan fingerprint density at radius 3 is 2.77 bits per heavy atom. The molecule has 4 nitrogen and oxygen atoms in total. The third-order valence-electron chi connectivity index (χ3n) is 3.70. The summed E-state index contributed by atoms with van der Waals surface area (Å²) in [7, 11) is 0. The number of ether oxygens (including phenoxy) is 1. The van der Waals surface area contributed by atoms with Crippen molar-refractivity contribution in [3.05, 3.63) is 24.3 Å². The van der Waals surface area contributed by atoms with Crippen LogP contribution in [0.15, 0.2) is 24.3 Å². The van der Waals surface area contributed by atoms with E-state index in [0.29, 0.717) is 12.3 Å². The van der Waals surface area contributed by atoms with Crippen LogP contribution in [0.25, 0.3) is 0 Å². The normalized spacial score (nSPS) is 15.5. The first kappa shape index (κ1) is 15.9. The Balaban J connectivity index is 1.87. The number of amides is 1. The van der Waals surface area contributed by atoms with Gasteiger partial charge in [-0.1, -0.05) is 17.9 Å². The molecule has 4 heteroatoms. The lowest BCUT2D eigenvalue weighted by molar-refractivity contribution is -0.121. The maximum absolute atomic E-state index is 12.3. The lowest BCUT2D eigenvalue weighted by Crippen LogP contribution is -2.38. The number of nitrogens with zero attached hydrogens (tertiary/aromatic N) is 1. The summed E-state index contributed by atoms with van der Waals surface area (Å²) in [6.45, 7) is 2.61. The highest BCUT2D eigenvalue weighted by atomic mass is 16.5. The van der Waals surface area contributed by atoms with Gasteiger partial charge in [0, 0.05) is 17.7 Å². The van der Waals surface area contributed by atoms with Crippen molar-refractivity contribution in [1.82, 2.24) is 4.90 Å². The number of anilines is 1. The third kappa shape index (κ3) is 4.55. The molecule has 0 atom stereocenters. The first-order chi connectivity index (χ1) is 10.7. The van der Waals surface area contributed by atoms with E-state index >= 15 is 0 Å². The van der Waals surface area contributed by atoms with Gasteiger partial charge in [0.2, 0.25) is 5.91 Å². The minimum Gasteiger partial charge on any atom is -0.481 e. The smallest absolute Gasteiger partial charge is 0.227 e. The SMILES string of the molecule is C#CCOc1cccc(NC(=O)C2CCN(CC#C)CC2)c1. The zero-order valence-corrected chi connectivity index (χ0v) is 12.5. The van der Waals surface area contributed by atoms with Crippen LogP contribution in [0.3, 0.4) is 0 Å². The average Bonchev–Trinajstić information content (AvgIpc) is 2.54. The van der Waals surface area contributed by atoms with Crippen LogP contribution in [0.5, 0.6) is 5.75 Å². The molecule has 1 fully saturated rings. The highest BCUT2D eigenvalue weighted by Crippen LogP contribution is 2.21. The number of carbonyl (C=O) groups excluding carboxylic acids is 1. The number of benzene rings is 1. The van der Waals surface area contributed by atoms with Crippen LogP contribution in [-0.4, -0.2) is 37.0 Å². The van der Waals surface area contributed by atoms with E-state index in [1.165, 1.54) is 0 Å². The van der Waals surface area contributed by atoms with Gasteiger partial charge in [0.05, 0.1) is 6.54 Å². The largest absolute Gasteiger partial charge is 0.481 e. The fourth-order valence-electron chi connectivity index (χ4n) is 2.52. The average molecular weight is 296 g/mol. The van der Waals surface area contributed by atoms with Crippen molar-refractivity contribution in [2.75, 3.05) is 31.6 Å². The zero-order chi connectivity index (χ0) is 15.8. The van der Waals surface area contributed by atoms with Crippen molar-refractivity contribution in [2.45, 2.75) is 12.8 Å². The molecule has 22 heavy (non-hydrogen) atoms. The first-order valence-corrected chi connectivity index (χ1v) is 7.36. The number of likely N-dealkylation sites (tertiary alicyclic amines) is 1. The minimum absolute atomic E-state index is 0.0318. The molecule has 1 aliphatic heterocycles. The second kappa shape index (κ2) is 8.12. The number of nitrogens with one attached hydrogen (secondary N) is 1. The van der Waals surface area contributed by atoms with E-state index in [4.69, 9.17) is 17.6 Å². The van der Waals surface area contributed by atoms with Gasteiger partial charge in [0.1, 0.15) is 12.4 Å². The summed E-state index contributed by atoms with van der Waals surface area (Å²) >= 11 is 0. The maximum atomic E-state index is 12.3. The summed E-state index contributed by atoms with van der Waals surface area (Å²) in [5.74, 6) is 5.79. The summed E-state index contributed by atoms with van der Waals surface area (Å²) < 4.78 is 5.35. The molecule has 114 valence electrons. The molecule has 0 unspecified atom stereocenters. The van der Waals surface area contributed by atoms with Gasteiger partial charge in [-0.15, -0.1) is 12.8 Å². The molecule has 1 amide bonds. The first-order valence-electron chi connectivity index (χ1n) is 7.36. The van der Waals surface area contributed by atoms with Crippen LogP contribution in [0, 0.1) is 30.6 Å². The number of rotatable bonds is 5. The number of piperidine rings is 1. The van der Waals surface area contributed by atoms with E-state index in [0.717, 1.165) is 31.6 Å². The predicted octanol–water partition coefficient (Wildman–Crippen LogP) is 1.98. The Morgan fingerprint density at radius 1 is 1.32 bits per heavy atom. The molecule has 0 saturated carbocycles. The zero-order valence-electron chi connectivity index (χ0n) is 12.5. The van der Waals surface area contributed by atoms with Gasteiger partial charge >= 0.3 is 0 Å². The van der Waals surface area contributed by atoms with E-state index in [9.17, 15) is 4.79 Å². The van der Waals surface area contributed by atoms with Crippen LogP contribution in [0.2, 0.25) is 0 Å². The van der Waals surface area contributed by atoms with E-state index in [1.54, 1.807) is 6.07 Å². The molecular weight excluding hydrogens is 276 g/mol. The molecule has 0 aromatic heterocycles. The highest BCUT2D eigenvalue weighted by Gasteiger charge is 2.24. The van der Waals surface area contributed by atoms with Crippen molar-refractivity contribution in [3.8, 4) is 30.4 Å². The van der Waals surface area contributed by atoms with Crippen LogP contribution < -0.4 is 10.1 Å². The molecule has 1 aromatic carbocycles. The number of terminal acetylenes is 2. The molecule has 2 rings (SSSR count). The molecule has 0 aliphatic carbocycles. The van der Waals surface area contributed by atoms with E-state index < -0.39 is 0 Å². The molecular formula is C18H20N2O2. The second-order valence-corrected chi connectivity index (χ2v) is 5.26. The third-order valence-corrected chi connectivity index (χ3v) is 3.70. The maximum Gasteiger partial charge on any atom is 0.227 e. The lowest BCUT2D eigenvalue weighted by atomic mass is 9.96. The van der Waals surface area contributed by atoms with Crippen molar-refractivity contribution in [1.29, 1.82) is 0 Å². The van der Waals surface area contributed by atoms with Crippen LogP contribution in [0.1, 0.15) is 12.8 Å². The molecule has 1 aromatic rings. The van der Waals surface area contributed by atoms with Gasteiger partial charge in [-0.3, -0.25) is 9.69 Å². The highest BCUT2D eigenvalue weighted by molar-refractivity contribution is 5.92. The van der Waals surface area contributed by atoms with Gasteiger partial charge in [0.25, 0.3) is 0 Å². The molecule has 0 spiro atoms. The second-order valence-electron chi connectivity index (χ2n) is 5.26. The van der Waals surface area contributed by atoms with Crippen molar-refractivity contribution < 1.29 is 9.53 Å². The Bertz CT molecular complexity index is 590. The van der Waals surface area contributed by atoms with E-state index in [2.05, 4.69) is 22.1 Å². The van der Waals surface area contributed by atoms with Gasteiger partial charge < -0.3 is 10.1 Å². The fraction of sp³-hybridized carbons (Fsp3) is 0.389. The quantitative estimate of drug-likeness (QED) is 0.845. The molecule has 1 N–H and O–H groups in total. The Hall–Kier alpha value is -2.43. The van der Waals surface area contributed by atoms with Gasteiger partial charge in [-0.25, -0.2) is 0 Å². The molecule has 0 radical (unpaired) electrons. The van der Waals surface area contributed by atoms with Crippen molar-refractivity contribution in [3.63, 3.8) is 0 Å². The summed E-state index contributed by atoms with van der Waals surface area (Å²) in [5.41, 5.74) is 0.727. The van der Waals surface area contributed by atoms with E-state index in [1.807, 2.05) is 18.2 Å². The molecule has 0 bridgehead atoms. The standard InChI is InChI=1S/C18H20N2O2/c1-3-10-20-11-8-15(9-12-20)18(21)19-16-6-5-7-17(14-16)22-13-4-2/h1-2,5-7,14-15H,8-13H2,(H,19,21). The summed E-state index contributed by atoms with van der Waals surface area (Å²) in [6, 6.07) is 7.26. The number of hydrogen-bond donors (Lipinski definition) is 1. The molecule has 1 aliphatic rings. The topological polar surface area (TPSA) is 41.6 Å². The number of hydrogen-bond acceptors (Lipinski definition) is 3. The van der Waals surface area contributed by atoms with Crippen LogP contribution >= 0.6 is 0 Å². The molecule has 1 saturated heterocycles. The van der Waals surface area contributed by atoms with Crippen LogP contribution in [0.4, 0.5) is 5.69 Å². The van der Waals surface area contributed by atoms with Gasteiger partial charge in [-0.05, 0) is 38.1 Å². The number of carbonyl (C=O) groups is 1. The lowest BCUT2D eigenvalue weighted by Gasteiger charge is -2.29. The van der Waals surface area contributed by atoms with Crippen molar-refractivity contribution in [2.24, 2.45) is 5.92 Å². The van der Waals surface area contributed by atoms with Crippen LogP contribution in [-0.2, 0) is 4.79 Å². The van der Waals surface area contributed by atoms with Gasteiger partial charge in [-0.2, -0.15) is 0 Å². The predicted molar refractivity (Wildman–Crippen MR) is 87.4 cm³/mol. The van der Waals surface area contributed by atoms with Crippen molar-refractivity contribution >= 4 is 11.6 Å².